The highest BCUT2D eigenvalue weighted by molar-refractivity contribution is 5.94. The molecule has 1 atom stereocenters. The van der Waals surface area contributed by atoms with Crippen molar-refractivity contribution in [2.24, 2.45) is 5.92 Å². The minimum absolute atomic E-state index is 0.00101. The molecule has 6 nitrogen and oxygen atoms in total. The minimum atomic E-state index is -0.425. The van der Waals surface area contributed by atoms with E-state index in [0.717, 1.165) is 25.7 Å². The third-order valence-corrected chi connectivity index (χ3v) is 5.40. The van der Waals surface area contributed by atoms with Gasteiger partial charge in [-0.25, -0.2) is 0 Å². The summed E-state index contributed by atoms with van der Waals surface area (Å²) in [5, 5.41) is 2.87. The van der Waals surface area contributed by atoms with Gasteiger partial charge in [-0.2, -0.15) is 0 Å². The van der Waals surface area contributed by atoms with Crippen molar-refractivity contribution in [3.8, 4) is 0 Å². The van der Waals surface area contributed by atoms with Crippen molar-refractivity contribution < 1.29 is 14.4 Å². The molecule has 6 heteroatoms. The van der Waals surface area contributed by atoms with Crippen molar-refractivity contribution in [2.45, 2.75) is 38.6 Å². The molecule has 1 aromatic rings. The first-order valence-corrected chi connectivity index (χ1v) is 9.46. The van der Waals surface area contributed by atoms with Crippen LogP contribution in [0.25, 0.3) is 0 Å². The fourth-order valence-corrected chi connectivity index (χ4v) is 3.98. The lowest BCUT2D eigenvalue weighted by Crippen LogP contribution is -2.57. The molecule has 3 rings (SSSR count). The van der Waals surface area contributed by atoms with Crippen LogP contribution < -0.4 is 5.32 Å². The smallest absolute Gasteiger partial charge is 0.253 e. The van der Waals surface area contributed by atoms with Crippen molar-refractivity contribution in [3.05, 3.63) is 35.9 Å². The Morgan fingerprint density at radius 2 is 1.54 bits per heavy atom. The van der Waals surface area contributed by atoms with E-state index in [4.69, 9.17) is 0 Å². The maximum absolute atomic E-state index is 13.0. The Hall–Kier alpha value is -2.37. The fraction of sp³-hybridized carbons (Fsp3) is 0.550. The number of carbonyl (C=O) groups is 3. The molecule has 1 saturated heterocycles. The predicted molar refractivity (Wildman–Crippen MR) is 98.5 cm³/mol. The van der Waals surface area contributed by atoms with Crippen molar-refractivity contribution in [1.29, 1.82) is 0 Å². The van der Waals surface area contributed by atoms with Crippen LogP contribution in [0.5, 0.6) is 0 Å². The zero-order chi connectivity index (χ0) is 18.5. The molecule has 140 valence electrons. The zero-order valence-corrected chi connectivity index (χ0v) is 15.3. The van der Waals surface area contributed by atoms with E-state index in [0.29, 0.717) is 31.7 Å². The fourth-order valence-electron chi connectivity index (χ4n) is 3.98. The number of nitrogens with zero attached hydrogens (tertiary/aromatic N) is 2. The summed E-state index contributed by atoms with van der Waals surface area (Å²) in [6.07, 6.45) is 4.22. The Bertz CT molecular complexity index is 648. The zero-order valence-electron chi connectivity index (χ0n) is 15.3. The molecule has 0 aromatic heterocycles. The number of benzene rings is 1. The van der Waals surface area contributed by atoms with Gasteiger partial charge < -0.3 is 15.1 Å². The summed E-state index contributed by atoms with van der Waals surface area (Å²) in [5.74, 6) is 0.0781. The van der Waals surface area contributed by atoms with Gasteiger partial charge in [-0.05, 0) is 30.9 Å². The molecule has 1 aliphatic heterocycles. The Labute approximate surface area is 154 Å². The molecule has 1 heterocycles. The van der Waals surface area contributed by atoms with E-state index < -0.39 is 6.04 Å². The van der Waals surface area contributed by atoms with Crippen LogP contribution in [0, 0.1) is 5.92 Å². The van der Waals surface area contributed by atoms with Gasteiger partial charge in [0, 0.05) is 38.7 Å². The number of piperazine rings is 1. The second-order valence-corrected chi connectivity index (χ2v) is 7.21. The monoisotopic (exact) mass is 357 g/mol. The highest BCUT2D eigenvalue weighted by Gasteiger charge is 2.35. The van der Waals surface area contributed by atoms with Crippen LogP contribution in [0.1, 0.15) is 43.0 Å². The average molecular weight is 357 g/mol. The largest absolute Gasteiger partial charge is 0.344 e. The third-order valence-electron chi connectivity index (χ3n) is 5.40. The van der Waals surface area contributed by atoms with Gasteiger partial charge in [-0.1, -0.05) is 31.0 Å². The van der Waals surface area contributed by atoms with Gasteiger partial charge >= 0.3 is 0 Å². The standard InChI is InChI=1S/C20H27N3O3/c1-15(24)21-18(16-7-5-6-8-16)20(26)23-13-11-22(12-14-23)19(25)17-9-3-2-4-10-17/h2-4,9-10,16,18H,5-8,11-14H2,1H3,(H,21,24). The van der Waals surface area contributed by atoms with Crippen LogP contribution in [0.15, 0.2) is 30.3 Å². The summed E-state index contributed by atoms with van der Waals surface area (Å²) in [6.45, 7) is 3.54. The van der Waals surface area contributed by atoms with Gasteiger partial charge in [-0.15, -0.1) is 0 Å². The molecule has 0 radical (unpaired) electrons. The number of amides is 3. The van der Waals surface area contributed by atoms with Gasteiger partial charge in [0.05, 0.1) is 0 Å². The van der Waals surface area contributed by atoms with E-state index in [1.807, 2.05) is 30.3 Å². The second-order valence-electron chi connectivity index (χ2n) is 7.21. The van der Waals surface area contributed by atoms with Gasteiger partial charge in [0.25, 0.3) is 5.91 Å². The summed E-state index contributed by atoms with van der Waals surface area (Å²) in [6, 6.07) is 8.79. The molecule has 0 spiro atoms. The number of rotatable bonds is 4. The van der Waals surface area contributed by atoms with Crippen LogP contribution in [-0.4, -0.2) is 59.7 Å². The number of carbonyl (C=O) groups excluding carboxylic acids is 3. The van der Waals surface area contributed by atoms with Gasteiger partial charge in [0.15, 0.2) is 0 Å². The van der Waals surface area contributed by atoms with E-state index in [2.05, 4.69) is 5.32 Å². The maximum Gasteiger partial charge on any atom is 0.253 e. The molecule has 0 bridgehead atoms. The summed E-state index contributed by atoms with van der Waals surface area (Å²) >= 11 is 0. The summed E-state index contributed by atoms with van der Waals surface area (Å²) in [5.41, 5.74) is 0.675. The third kappa shape index (κ3) is 4.23. The summed E-state index contributed by atoms with van der Waals surface area (Å²) in [7, 11) is 0. The maximum atomic E-state index is 13.0. The molecule has 1 N–H and O–H groups in total. The topological polar surface area (TPSA) is 69.7 Å². The highest BCUT2D eigenvalue weighted by Crippen LogP contribution is 2.29. The number of nitrogens with one attached hydrogen (secondary N) is 1. The molecular weight excluding hydrogens is 330 g/mol. The number of hydrogen-bond acceptors (Lipinski definition) is 3. The Balaban J connectivity index is 1.59. The van der Waals surface area contributed by atoms with Crippen LogP contribution in [0.2, 0.25) is 0 Å². The molecule has 26 heavy (non-hydrogen) atoms. The predicted octanol–water partition coefficient (Wildman–Crippen LogP) is 1.67. The number of hydrogen-bond donors (Lipinski definition) is 1. The Morgan fingerprint density at radius 1 is 0.962 bits per heavy atom. The first-order valence-electron chi connectivity index (χ1n) is 9.46. The Kier molecular flexibility index (Phi) is 5.91. The SMILES string of the molecule is CC(=O)NC(C(=O)N1CCN(C(=O)c2ccccc2)CC1)C1CCCC1. The van der Waals surface area contributed by atoms with Crippen molar-refractivity contribution in [1.82, 2.24) is 15.1 Å². The molecule has 1 aliphatic carbocycles. The van der Waals surface area contributed by atoms with Crippen LogP contribution in [0.3, 0.4) is 0 Å². The van der Waals surface area contributed by atoms with E-state index in [1.54, 1.807) is 9.80 Å². The summed E-state index contributed by atoms with van der Waals surface area (Å²) < 4.78 is 0. The molecule has 1 saturated carbocycles. The van der Waals surface area contributed by atoms with E-state index >= 15 is 0 Å². The molecular formula is C20H27N3O3. The molecule has 2 aliphatic rings. The van der Waals surface area contributed by atoms with Crippen LogP contribution in [-0.2, 0) is 9.59 Å². The van der Waals surface area contributed by atoms with Gasteiger partial charge in [0.1, 0.15) is 6.04 Å². The highest BCUT2D eigenvalue weighted by atomic mass is 16.2. The van der Waals surface area contributed by atoms with Crippen molar-refractivity contribution in [2.75, 3.05) is 26.2 Å². The minimum Gasteiger partial charge on any atom is -0.344 e. The first kappa shape index (κ1) is 18.4. The van der Waals surface area contributed by atoms with Crippen molar-refractivity contribution in [3.63, 3.8) is 0 Å². The molecule has 1 unspecified atom stereocenters. The van der Waals surface area contributed by atoms with Crippen molar-refractivity contribution >= 4 is 17.7 Å². The van der Waals surface area contributed by atoms with Gasteiger partial charge in [0.2, 0.25) is 11.8 Å². The van der Waals surface area contributed by atoms with Gasteiger partial charge in [-0.3, -0.25) is 14.4 Å². The molecule has 3 amide bonds. The summed E-state index contributed by atoms with van der Waals surface area (Å²) in [4.78, 5) is 40.7. The quantitative estimate of drug-likeness (QED) is 0.891. The van der Waals surface area contributed by atoms with Crippen LogP contribution >= 0.6 is 0 Å². The molecule has 1 aromatic carbocycles. The molecule has 2 fully saturated rings. The lowest BCUT2D eigenvalue weighted by Gasteiger charge is -2.37. The van der Waals surface area contributed by atoms with E-state index in [9.17, 15) is 14.4 Å². The lowest BCUT2D eigenvalue weighted by molar-refractivity contribution is -0.138. The average Bonchev–Trinajstić information content (AvgIpc) is 3.20. The lowest BCUT2D eigenvalue weighted by atomic mass is 9.96. The van der Waals surface area contributed by atoms with E-state index in [1.165, 1.54) is 6.92 Å². The second kappa shape index (κ2) is 8.34. The normalized spacial score (nSPS) is 19.3. The van der Waals surface area contributed by atoms with E-state index in [-0.39, 0.29) is 23.6 Å². The van der Waals surface area contributed by atoms with Crippen LogP contribution in [0.4, 0.5) is 0 Å². The first-order chi connectivity index (χ1) is 12.6. The Morgan fingerprint density at radius 3 is 2.12 bits per heavy atom.